The summed E-state index contributed by atoms with van der Waals surface area (Å²) in [5.41, 5.74) is 5.54. The monoisotopic (exact) mass is 410 g/mol. The van der Waals surface area contributed by atoms with E-state index in [4.69, 9.17) is 14.5 Å². The Hall–Kier alpha value is -3.57. The minimum Gasteiger partial charge on any atom is -0.493 e. The SMILES string of the molecule is COc1ccc(-c2sc3nc4ccccc4c-3c3[nH]c4ccccc4c23)cc1OC. The number of para-hydroxylation sites is 2. The van der Waals surface area contributed by atoms with Gasteiger partial charge in [-0.15, -0.1) is 11.3 Å². The van der Waals surface area contributed by atoms with Crippen LogP contribution in [0.1, 0.15) is 0 Å². The fraction of sp³-hybridized carbons (Fsp3) is 0.0800. The Bertz CT molecular complexity index is 1530. The standard InChI is InChI=1S/C25H18N2O2S/c1-28-19-12-11-14(13-20(19)29-2)24-21-15-7-3-5-9-17(15)26-23(21)22-16-8-4-6-10-18(16)27-25(22)30-24/h3-13,26H,1-2H3. The molecule has 146 valence electrons. The van der Waals surface area contributed by atoms with E-state index in [0.29, 0.717) is 0 Å². The van der Waals surface area contributed by atoms with Gasteiger partial charge in [-0.05, 0) is 35.9 Å². The number of rotatable bonds is 3. The Labute approximate surface area is 177 Å². The molecule has 5 heteroatoms. The van der Waals surface area contributed by atoms with Gasteiger partial charge < -0.3 is 14.5 Å². The van der Waals surface area contributed by atoms with Gasteiger partial charge in [0.15, 0.2) is 11.5 Å². The van der Waals surface area contributed by atoms with Crippen LogP contribution in [-0.2, 0) is 0 Å². The van der Waals surface area contributed by atoms with Crippen LogP contribution in [-0.4, -0.2) is 24.2 Å². The Balaban J connectivity index is 1.79. The van der Waals surface area contributed by atoms with Crippen molar-refractivity contribution in [3.05, 3.63) is 66.7 Å². The Morgan fingerprint density at radius 1 is 0.833 bits per heavy atom. The number of H-pyrrole nitrogens is 1. The second-order valence-corrected chi connectivity index (χ2v) is 8.23. The van der Waals surface area contributed by atoms with Crippen molar-refractivity contribution in [2.24, 2.45) is 0 Å². The lowest BCUT2D eigenvalue weighted by molar-refractivity contribution is 0.355. The van der Waals surface area contributed by atoms with Gasteiger partial charge in [-0.1, -0.05) is 36.4 Å². The number of aromatic amines is 1. The summed E-state index contributed by atoms with van der Waals surface area (Å²) >= 11 is 1.72. The summed E-state index contributed by atoms with van der Waals surface area (Å²) in [7, 11) is 3.32. The summed E-state index contributed by atoms with van der Waals surface area (Å²) in [6.45, 7) is 0. The van der Waals surface area contributed by atoms with E-state index >= 15 is 0 Å². The van der Waals surface area contributed by atoms with Gasteiger partial charge in [0.25, 0.3) is 0 Å². The van der Waals surface area contributed by atoms with E-state index in [9.17, 15) is 0 Å². The molecule has 0 saturated heterocycles. The van der Waals surface area contributed by atoms with Gasteiger partial charge in [0.2, 0.25) is 0 Å². The molecule has 0 amide bonds. The van der Waals surface area contributed by atoms with Crippen molar-refractivity contribution in [2.75, 3.05) is 14.2 Å². The number of ether oxygens (including phenoxy) is 2. The molecule has 0 unspecified atom stereocenters. The molecule has 3 heterocycles. The minimum atomic E-state index is 0.718. The molecule has 3 aromatic carbocycles. The molecule has 0 saturated carbocycles. The van der Waals surface area contributed by atoms with Gasteiger partial charge in [-0.3, -0.25) is 0 Å². The molecule has 1 N–H and O–H groups in total. The van der Waals surface area contributed by atoms with E-state index in [1.54, 1.807) is 25.6 Å². The lowest BCUT2D eigenvalue weighted by Crippen LogP contribution is -1.91. The molecule has 0 aliphatic carbocycles. The number of nitrogens with zero attached hydrogens (tertiary/aromatic N) is 1. The summed E-state index contributed by atoms with van der Waals surface area (Å²) in [5, 5.41) is 4.63. The molecule has 4 aromatic rings. The minimum absolute atomic E-state index is 0.718. The molecule has 2 aliphatic heterocycles. The van der Waals surface area contributed by atoms with E-state index in [1.807, 2.05) is 18.2 Å². The molecule has 0 radical (unpaired) electrons. The molecule has 30 heavy (non-hydrogen) atoms. The summed E-state index contributed by atoms with van der Waals surface area (Å²) in [4.78, 5) is 9.78. The van der Waals surface area contributed by atoms with Crippen LogP contribution in [0, 0.1) is 0 Å². The number of fused-ring (bicyclic) bond motifs is 7. The molecule has 0 atom stereocenters. The highest BCUT2D eigenvalue weighted by molar-refractivity contribution is 7.19. The van der Waals surface area contributed by atoms with Crippen LogP contribution in [0.5, 0.6) is 11.5 Å². The van der Waals surface area contributed by atoms with Crippen LogP contribution in [0.3, 0.4) is 0 Å². The van der Waals surface area contributed by atoms with Crippen LogP contribution in [0.2, 0.25) is 0 Å². The Morgan fingerprint density at radius 2 is 1.60 bits per heavy atom. The van der Waals surface area contributed by atoms with Crippen molar-refractivity contribution in [2.45, 2.75) is 0 Å². The van der Waals surface area contributed by atoms with Crippen molar-refractivity contribution in [3.8, 4) is 32.5 Å². The quantitative estimate of drug-likeness (QED) is 0.352. The highest BCUT2D eigenvalue weighted by Crippen LogP contribution is 2.48. The largest absolute Gasteiger partial charge is 0.493 e. The Kier molecular flexibility index (Phi) is 3.73. The topological polar surface area (TPSA) is 47.1 Å². The molecule has 2 aliphatic rings. The summed E-state index contributed by atoms with van der Waals surface area (Å²) in [6, 6.07) is 22.9. The molecular formula is C25H18N2O2S. The number of nitrogens with one attached hydrogen (secondary N) is 1. The fourth-order valence-electron chi connectivity index (χ4n) is 4.27. The maximum Gasteiger partial charge on any atom is 0.161 e. The third-order valence-electron chi connectivity index (χ3n) is 5.64. The second kappa shape index (κ2) is 6.47. The van der Waals surface area contributed by atoms with Gasteiger partial charge >= 0.3 is 0 Å². The maximum atomic E-state index is 5.57. The van der Waals surface area contributed by atoms with Gasteiger partial charge in [0.05, 0.1) is 25.3 Å². The van der Waals surface area contributed by atoms with Crippen molar-refractivity contribution in [1.82, 2.24) is 9.97 Å². The molecule has 0 bridgehead atoms. The second-order valence-electron chi connectivity index (χ2n) is 7.23. The van der Waals surface area contributed by atoms with Gasteiger partial charge in [-0.2, -0.15) is 0 Å². The van der Waals surface area contributed by atoms with Crippen LogP contribution < -0.4 is 9.47 Å². The first kappa shape index (κ1) is 17.3. The first-order valence-electron chi connectivity index (χ1n) is 9.72. The number of aromatic nitrogens is 2. The number of benzene rings is 3. The zero-order valence-corrected chi connectivity index (χ0v) is 17.3. The summed E-state index contributed by atoms with van der Waals surface area (Å²) in [6.07, 6.45) is 0. The average Bonchev–Trinajstić information content (AvgIpc) is 3.36. The van der Waals surface area contributed by atoms with E-state index in [2.05, 4.69) is 53.5 Å². The zero-order chi connectivity index (χ0) is 20.2. The van der Waals surface area contributed by atoms with Crippen LogP contribution in [0.4, 0.5) is 0 Å². The van der Waals surface area contributed by atoms with Crippen LogP contribution >= 0.6 is 11.3 Å². The Morgan fingerprint density at radius 3 is 2.43 bits per heavy atom. The third kappa shape index (κ3) is 2.36. The normalized spacial score (nSPS) is 11.7. The first-order valence-corrected chi connectivity index (χ1v) is 10.5. The molecule has 6 rings (SSSR count). The summed E-state index contributed by atoms with van der Waals surface area (Å²) < 4.78 is 11.0. The lowest BCUT2D eigenvalue weighted by Gasteiger charge is -2.12. The van der Waals surface area contributed by atoms with Gasteiger partial charge in [-0.25, -0.2) is 4.98 Å². The van der Waals surface area contributed by atoms with Gasteiger partial charge in [0.1, 0.15) is 5.01 Å². The number of hydrogen-bond acceptors (Lipinski definition) is 4. The van der Waals surface area contributed by atoms with Crippen molar-refractivity contribution in [1.29, 1.82) is 0 Å². The zero-order valence-electron chi connectivity index (χ0n) is 16.5. The van der Waals surface area contributed by atoms with Crippen LogP contribution in [0.15, 0.2) is 66.7 Å². The van der Waals surface area contributed by atoms with Crippen molar-refractivity contribution in [3.63, 3.8) is 0 Å². The van der Waals surface area contributed by atoms with E-state index in [1.165, 1.54) is 26.6 Å². The fourth-order valence-corrected chi connectivity index (χ4v) is 5.48. The molecule has 4 nitrogen and oxygen atoms in total. The van der Waals surface area contributed by atoms with Crippen molar-refractivity contribution >= 4 is 44.0 Å². The number of methoxy groups -OCH3 is 2. The van der Waals surface area contributed by atoms with Gasteiger partial charge in [0, 0.05) is 32.1 Å². The van der Waals surface area contributed by atoms with E-state index in [0.717, 1.165) is 38.6 Å². The van der Waals surface area contributed by atoms with Crippen LogP contribution in [0.25, 0.3) is 53.7 Å². The smallest absolute Gasteiger partial charge is 0.161 e. The highest BCUT2D eigenvalue weighted by Gasteiger charge is 2.23. The molecule has 0 spiro atoms. The predicted octanol–water partition coefficient (Wildman–Crippen LogP) is 6.72. The predicted molar refractivity (Wildman–Crippen MR) is 124 cm³/mol. The highest BCUT2D eigenvalue weighted by atomic mass is 32.1. The molecular weight excluding hydrogens is 392 g/mol. The van der Waals surface area contributed by atoms with E-state index < -0.39 is 0 Å². The third-order valence-corrected chi connectivity index (χ3v) is 6.77. The molecule has 1 aromatic heterocycles. The first-order chi connectivity index (χ1) is 14.8. The van der Waals surface area contributed by atoms with E-state index in [-0.39, 0.29) is 0 Å². The number of hydrogen-bond donors (Lipinski definition) is 1. The maximum absolute atomic E-state index is 5.57. The summed E-state index contributed by atoms with van der Waals surface area (Å²) in [5.74, 6) is 1.44. The van der Waals surface area contributed by atoms with Crippen molar-refractivity contribution < 1.29 is 9.47 Å². The molecule has 0 fully saturated rings. The average molecular weight is 410 g/mol. The lowest BCUT2D eigenvalue weighted by atomic mass is 10.0.